The van der Waals surface area contributed by atoms with Crippen LogP contribution in [0.15, 0.2) is 42.5 Å². The average Bonchev–Trinajstić information content (AvgIpc) is 2.64. The van der Waals surface area contributed by atoms with Gasteiger partial charge in [0.1, 0.15) is 0 Å². The molecule has 0 saturated carbocycles. The molecule has 0 saturated heterocycles. The van der Waals surface area contributed by atoms with Crippen LogP contribution in [0.2, 0.25) is 0 Å². The van der Waals surface area contributed by atoms with Crippen LogP contribution in [0.4, 0.5) is 16.2 Å². The molecule has 142 valence electrons. The SMILES string of the molecule is CCOC(=O)NC(=O)COC(=O)c1ccccc1Nc1cccc(C)c1C. The van der Waals surface area contributed by atoms with E-state index in [1.807, 2.05) is 37.4 Å². The van der Waals surface area contributed by atoms with Crippen molar-refractivity contribution in [2.45, 2.75) is 20.8 Å². The predicted octanol–water partition coefficient (Wildman–Crippen LogP) is 3.48. The highest BCUT2D eigenvalue weighted by Crippen LogP contribution is 2.25. The van der Waals surface area contributed by atoms with Gasteiger partial charge in [-0.05, 0) is 50.1 Å². The molecule has 0 heterocycles. The van der Waals surface area contributed by atoms with Gasteiger partial charge in [-0.25, -0.2) is 9.59 Å². The van der Waals surface area contributed by atoms with Crippen LogP contribution in [0.3, 0.4) is 0 Å². The summed E-state index contributed by atoms with van der Waals surface area (Å²) in [4.78, 5) is 35.2. The Hall–Kier alpha value is -3.35. The van der Waals surface area contributed by atoms with Crippen LogP contribution in [0.5, 0.6) is 0 Å². The van der Waals surface area contributed by atoms with Gasteiger partial charge in [0.25, 0.3) is 5.91 Å². The fourth-order valence-corrected chi connectivity index (χ4v) is 2.33. The van der Waals surface area contributed by atoms with Gasteiger partial charge < -0.3 is 14.8 Å². The number of imide groups is 1. The van der Waals surface area contributed by atoms with Crippen LogP contribution < -0.4 is 10.6 Å². The molecule has 2 N–H and O–H groups in total. The van der Waals surface area contributed by atoms with Crippen LogP contribution >= 0.6 is 0 Å². The maximum Gasteiger partial charge on any atom is 0.413 e. The van der Waals surface area contributed by atoms with Gasteiger partial charge in [-0.2, -0.15) is 0 Å². The van der Waals surface area contributed by atoms with E-state index in [0.29, 0.717) is 5.69 Å². The zero-order valence-electron chi connectivity index (χ0n) is 15.5. The van der Waals surface area contributed by atoms with E-state index in [1.54, 1.807) is 31.2 Å². The summed E-state index contributed by atoms with van der Waals surface area (Å²) < 4.78 is 9.59. The van der Waals surface area contributed by atoms with Crippen molar-refractivity contribution < 1.29 is 23.9 Å². The topological polar surface area (TPSA) is 93.7 Å². The average molecular weight is 370 g/mol. The van der Waals surface area contributed by atoms with Crippen molar-refractivity contribution in [3.05, 3.63) is 59.2 Å². The Balaban J connectivity index is 2.06. The van der Waals surface area contributed by atoms with Crippen molar-refractivity contribution in [2.75, 3.05) is 18.5 Å². The smallest absolute Gasteiger partial charge is 0.413 e. The lowest BCUT2D eigenvalue weighted by Crippen LogP contribution is -2.34. The van der Waals surface area contributed by atoms with E-state index in [-0.39, 0.29) is 12.2 Å². The molecule has 2 rings (SSSR count). The normalized spacial score (nSPS) is 10.0. The van der Waals surface area contributed by atoms with E-state index < -0.39 is 24.6 Å². The van der Waals surface area contributed by atoms with E-state index in [2.05, 4.69) is 10.1 Å². The number of carbonyl (C=O) groups is 3. The van der Waals surface area contributed by atoms with Crippen molar-refractivity contribution in [2.24, 2.45) is 0 Å². The first-order valence-corrected chi connectivity index (χ1v) is 8.48. The molecule has 7 nitrogen and oxygen atoms in total. The summed E-state index contributed by atoms with van der Waals surface area (Å²) in [6.45, 7) is 5.15. The first-order valence-electron chi connectivity index (χ1n) is 8.48. The molecule has 2 aromatic rings. The van der Waals surface area contributed by atoms with E-state index in [1.165, 1.54) is 0 Å². The highest BCUT2D eigenvalue weighted by atomic mass is 16.6. The van der Waals surface area contributed by atoms with Crippen LogP contribution in [0.1, 0.15) is 28.4 Å². The second kappa shape index (κ2) is 9.38. The Morgan fingerprint density at radius 3 is 2.37 bits per heavy atom. The van der Waals surface area contributed by atoms with Gasteiger partial charge in [0.15, 0.2) is 6.61 Å². The second-order valence-corrected chi connectivity index (χ2v) is 5.76. The van der Waals surface area contributed by atoms with Crippen LogP contribution in [0, 0.1) is 13.8 Å². The quantitative estimate of drug-likeness (QED) is 0.756. The fourth-order valence-electron chi connectivity index (χ4n) is 2.33. The van der Waals surface area contributed by atoms with E-state index >= 15 is 0 Å². The van der Waals surface area contributed by atoms with Gasteiger partial charge in [-0.3, -0.25) is 10.1 Å². The molecule has 0 unspecified atom stereocenters. The molecule has 0 aromatic heterocycles. The second-order valence-electron chi connectivity index (χ2n) is 5.76. The monoisotopic (exact) mass is 370 g/mol. The molecular formula is C20H22N2O5. The van der Waals surface area contributed by atoms with Crippen LogP contribution in [-0.4, -0.2) is 31.2 Å². The van der Waals surface area contributed by atoms with Crippen molar-refractivity contribution in [3.63, 3.8) is 0 Å². The number of hydrogen-bond donors (Lipinski definition) is 2. The fraction of sp³-hybridized carbons (Fsp3) is 0.250. The Kier molecular flexibility index (Phi) is 6.93. The zero-order chi connectivity index (χ0) is 19.8. The highest BCUT2D eigenvalue weighted by Gasteiger charge is 2.16. The molecule has 0 aliphatic carbocycles. The number of esters is 1. The Morgan fingerprint density at radius 1 is 0.926 bits per heavy atom. The number of rotatable bonds is 6. The summed E-state index contributed by atoms with van der Waals surface area (Å²) in [6.07, 6.45) is -0.879. The summed E-state index contributed by atoms with van der Waals surface area (Å²) in [5.41, 5.74) is 3.89. The minimum atomic E-state index is -0.879. The first-order chi connectivity index (χ1) is 12.9. The summed E-state index contributed by atoms with van der Waals surface area (Å²) in [5.74, 6) is -1.44. The number of ether oxygens (including phenoxy) is 2. The van der Waals surface area contributed by atoms with E-state index in [9.17, 15) is 14.4 Å². The molecular weight excluding hydrogens is 348 g/mol. The number of para-hydroxylation sites is 1. The van der Waals surface area contributed by atoms with Crippen molar-refractivity contribution in [3.8, 4) is 0 Å². The molecule has 0 bridgehead atoms. The lowest BCUT2D eigenvalue weighted by atomic mass is 10.1. The number of nitrogens with one attached hydrogen (secondary N) is 2. The molecule has 2 amide bonds. The molecule has 0 radical (unpaired) electrons. The van der Waals surface area contributed by atoms with Gasteiger partial charge in [-0.1, -0.05) is 24.3 Å². The largest absolute Gasteiger partial charge is 0.452 e. The predicted molar refractivity (Wildman–Crippen MR) is 101 cm³/mol. The third kappa shape index (κ3) is 5.57. The van der Waals surface area contributed by atoms with Gasteiger partial charge in [0.05, 0.1) is 17.9 Å². The number of amides is 2. The number of aryl methyl sites for hydroxylation is 1. The molecule has 0 spiro atoms. The minimum absolute atomic E-state index is 0.135. The molecule has 27 heavy (non-hydrogen) atoms. The number of anilines is 2. The summed E-state index contributed by atoms with van der Waals surface area (Å²) in [5, 5.41) is 5.19. The summed E-state index contributed by atoms with van der Waals surface area (Å²) in [7, 11) is 0. The van der Waals surface area contributed by atoms with Crippen molar-refractivity contribution in [1.29, 1.82) is 0 Å². The van der Waals surface area contributed by atoms with Crippen molar-refractivity contribution in [1.82, 2.24) is 5.32 Å². The lowest BCUT2D eigenvalue weighted by Gasteiger charge is -2.14. The molecule has 0 aliphatic heterocycles. The molecule has 2 aromatic carbocycles. The molecule has 0 atom stereocenters. The van der Waals surface area contributed by atoms with Crippen LogP contribution in [0.25, 0.3) is 0 Å². The number of hydrogen-bond acceptors (Lipinski definition) is 6. The Bertz CT molecular complexity index is 848. The maximum atomic E-state index is 12.4. The van der Waals surface area contributed by atoms with Crippen LogP contribution in [-0.2, 0) is 14.3 Å². The van der Waals surface area contributed by atoms with E-state index in [4.69, 9.17) is 4.74 Å². The summed E-state index contributed by atoms with van der Waals surface area (Å²) in [6, 6.07) is 12.7. The third-order valence-electron chi connectivity index (χ3n) is 3.87. The minimum Gasteiger partial charge on any atom is -0.452 e. The van der Waals surface area contributed by atoms with Gasteiger partial charge in [0, 0.05) is 5.69 Å². The zero-order valence-corrected chi connectivity index (χ0v) is 15.5. The van der Waals surface area contributed by atoms with Gasteiger partial charge >= 0.3 is 12.1 Å². The molecule has 7 heteroatoms. The van der Waals surface area contributed by atoms with E-state index in [0.717, 1.165) is 16.8 Å². The standard InChI is InChI=1S/C20H22N2O5/c1-4-26-20(25)22-18(23)12-27-19(24)15-9-5-6-10-17(15)21-16-11-7-8-13(2)14(16)3/h5-11,21H,4,12H2,1-3H3,(H,22,23,25). The van der Waals surface area contributed by atoms with Crippen molar-refractivity contribution >= 4 is 29.3 Å². The molecule has 0 fully saturated rings. The van der Waals surface area contributed by atoms with Gasteiger partial charge in [0.2, 0.25) is 0 Å². The molecule has 0 aliphatic rings. The lowest BCUT2D eigenvalue weighted by molar-refractivity contribution is -0.123. The number of benzene rings is 2. The third-order valence-corrected chi connectivity index (χ3v) is 3.87. The Morgan fingerprint density at radius 2 is 1.63 bits per heavy atom. The summed E-state index contributed by atoms with van der Waals surface area (Å²) >= 11 is 0. The Labute approximate surface area is 157 Å². The highest BCUT2D eigenvalue weighted by molar-refractivity contribution is 5.99. The first kappa shape index (κ1) is 20.0. The van der Waals surface area contributed by atoms with Gasteiger partial charge in [-0.15, -0.1) is 0 Å². The number of alkyl carbamates (subject to hydrolysis) is 1. The number of carbonyl (C=O) groups excluding carboxylic acids is 3. The maximum absolute atomic E-state index is 12.4.